The van der Waals surface area contributed by atoms with E-state index in [0.717, 1.165) is 33.5 Å². The van der Waals surface area contributed by atoms with Crippen LogP contribution in [0.4, 0.5) is 0 Å². The predicted molar refractivity (Wildman–Crippen MR) is 102 cm³/mol. The van der Waals surface area contributed by atoms with Gasteiger partial charge in [0.15, 0.2) is 0 Å². The summed E-state index contributed by atoms with van der Waals surface area (Å²) < 4.78 is 3.34. The highest BCUT2D eigenvalue weighted by Gasteiger charge is 2.24. The molecule has 1 fully saturated rings. The van der Waals surface area contributed by atoms with E-state index in [-0.39, 0.29) is 5.91 Å². The number of nitrogens with zero attached hydrogens (tertiary/aromatic N) is 1. The van der Waals surface area contributed by atoms with E-state index in [0.29, 0.717) is 11.5 Å². The number of nitrogens with two attached hydrogens (primary N) is 1. The summed E-state index contributed by atoms with van der Waals surface area (Å²) in [6.45, 7) is 5.13. The van der Waals surface area contributed by atoms with E-state index in [2.05, 4.69) is 27.4 Å². The van der Waals surface area contributed by atoms with Crippen LogP contribution >= 0.6 is 15.9 Å². The fourth-order valence-electron chi connectivity index (χ4n) is 4.06. The molecule has 3 nitrogen and oxygen atoms in total. The minimum atomic E-state index is -0.337. The Labute approximate surface area is 152 Å². The Balaban J connectivity index is 2.05. The predicted octanol–water partition coefficient (Wildman–Crippen LogP) is 5.21. The van der Waals surface area contributed by atoms with E-state index in [9.17, 15) is 4.79 Å². The van der Waals surface area contributed by atoms with Gasteiger partial charge in [0.2, 0.25) is 0 Å². The summed E-state index contributed by atoms with van der Waals surface area (Å²) in [5.41, 5.74) is 10.6. The lowest BCUT2D eigenvalue weighted by Crippen LogP contribution is -2.17. The van der Waals surface area contributed by atoms with Gasteiger partial charge in [0.05, 0.1) is 5.56 Å². The summed E-state index contributed by atoms with van der Waals surface area (Å²) in [6.07, 6.45) is 6.59. The third-order valence-corrected chi connectivity index (χ3v) is 5.86. The van der Waals surface area contributed by atoms with Crippen molar-refractivity contribution in [3.8, 4) is 11.1 Å². The van der Waals surface area contributed by atoms with Crippen LogP contribution in [0.2, 0.25) is 0 Å². The van der Waals surface area contributed by atoms with Crippen molar-refractivity contribution in [3.05, 3.63) is 45.7 Å². The third-order valence-electron chi connectivity index (χ3n) is 5.33. The van der Waals surface area contributed by atoms with Gasteiger partial charge >= 0.3 is 0 Å². The highest BCUT2D eigenvalue weighted by atomic mass is 79.9. The number of benzene rings is 1. The highest BCUT2D eigenvalue weighted by molar-refractivity contribution is 9.10. The molecule has 1 aliphatic rings. The van der Waals surface area contributed by atoms with E-state index < -0.39 is 0 Å². The Kier molecular flexibility index (Phi) is 5.14. The maximum atomic E-state index is 12.1. The van der Waals surface area contributed by atoms with E-state index in [1.807, 2.05) is 31.2 Å². The van der Waals surface area contributed by atoms with Crippen LogP contribution in [0, 0.1) is 19.8 Å². The Bertz CT molecular complexity index is 740. The average Bonchev–Trinajstić information content (AvgIpc) is 2.81. The summed E-state index contributed by atoms with van der Waals surface area (Å²) in [5.74, 6) is 0.373. The number of rotatable bonds is 4. The minimum Gasteiger partial charge on any atom is -0.366 e. The molecule has 1 amide bonds. The van der Waals surface area contributed by atoms with E-state index in [1.54, 1.807) is 0 Å². The van der Waals surface area contributed by atoms with Crippen LogP contribution < -0.4 is 5.73 Å². The number of halogens is 1. The molecular formula is C20H25BrN2O. The third kappa shape index (κ3) is 3.30. The van der Waals surface area contributed by atoms with Crippen molar-refractivity contribution in [1.82, 2.24) is 4.57 Å². The van der Waals surface area contributed by atoms with Crippen molar-refractivity contribution >= 4 is 21.8 Å². The summed E-state index contributed by atoms with van der Waals surface area (Å²) in [4.78, 5) is 12.1. The maximum Gasteiger partial charge on any atom is 0.251 e. The summed E-state index contributed by atoms with van der Waals surface area (Å²) in [5, 5.41) is 0. The summed E-state index contributed by atoms with van der Waals surface area (Å²) >= 11 is 3.47. The van der Waals surface area contributed by atoms with Crippen LogP contribution in [0.15, 0.2) is 28.7 Å². The Morgan fingerprint density at radius 1 is 1.12 bits per heavy atom. The molecule has 1 aliphatic carbocycles. The first-order valence-corrected chi connectivity index (χ1v) is 9.53. The Morgan fingerprint density at radius 3 is 2.33 bits per heavy atom. The Morgan fingerprint density at radius 2 is 1.75 bits per heavy atom. The SMILES string of the molecule is Cc1c(C(N)=O)c(-c2ccc(Br)cc2)c(C)n1CC1CCCCC1. The van der Waals surface area contributed by atoms with Gasteiger partial charge in [0.1, 0.15) is 0 Å². The lowest BCUT2D eigenvalue weighted by molar-refractivity contribution is 0.1000. The molecule has 0 spiro atoms. The van der Waals surface area contributed by atoms with Crippen LogP contribution in [0.5, 0.6) is 0 Å². The second kappa shape index (κ2) is 7.14. The van der Waals surface area contributed by atoms with Crippen molar-refractivity contribution in [3.63, 3.8) is 0 Å². The number of hydrogen-bond acceptors (Lipinski definition) is 1. The van der Waals surface area contributed by atoms with Gasteiger partial charge < -0.3 is 10.3 Å². The molecule has 0 unspecified atom stereocenters. The molecule has 2 aromatic rings. The molecular weight excluding hydrogens is 364 g/mol. The number of primary amides is 1. The molecule has 1 heterocycles. The van der Waals surface area contributed by atoms with Crippen LogP contribution in [-0.2, 0) is 6.54 Å². The summed E-state index contributed by atoms with van der Waals surface area (Å²) in [7, 11) is 0. The molecule has 1 saturated carbocycles. The summed E-state index contributed by atoms with van der Waals surface area (Å²) in [6, 6.07) is 8.10. The zero-order valence-corrected chi connectivity index (χ0v) is 16.0. The molecule has 1 aromatic carbocycles. The number of carbonyl (C=O) groups is 1. The van der Waals surface area contributed by atoms with E-state index >= 15 is 0 Å². The number of amides is 1. The first-order valence-electron chi connectivity index (χ1n) is 8.74. The average molecular weight is 389 g/mol. The first kappa shape index (κ1) is 17.3. The van der Waals surface area contributed by atoms with Crippen LogP contribution in [-0.4, -0.2) is 10.5 Å². The molecule has 2 N–H and O–H groups in total. The normalized spacial score (nSPS) is 15.6. The van der Waals surface area contributed by atoms with Gasteiger partial charge in [0, 0.05) is 28.0 Å². The largest absolute Gasteiger partial charge is 0.366 e. The molecule has 0 atom stereocenters. The zero-order valence-electron chi connectivity index (χ0n) is 14.4. The van der Waals surface area contributed by atoms with Crippen molar-refractivity contribution in [2.45, 2.75) is 52.5 Å². The molecule has 0 bridgehead atoms. The number of hydrogen-bond donors (Lipinski definition) is 1. The van der Waals surface area contributed by atoms with Crippen molar-refractivity contribution in [2.75, 3.05) is 0 Å². The molecule has 3 rings (SSSR count). The molecule has 0 radical (unpaired) electrons. The van der Waals surface area contributed by atoms with Crippen molar-refractivity contribution in [1.29, 1.82) is 0 Å². The quantitative estimate of drug-likeness (QED) is 0.766. The highest BCUT2D eigenvalue weighted by Crippen LogP contribution is 2.35. The Hall–Kier alpha value is -1.55. The topological polar surface area (TPSA) is 48.0 Å². The lowest BCUT2D eigenvalue weighted by atomic mass is 9.89. The van der Waals surface area contributed by atoms with Crippen LogP contribution in [0.1, 0.15) is 53.8 Å². The van der Waals surface area contributed by atoms with Crippen molar-refractivity contribution < 1.29 is 4.79 Å². The molecule has 1 aromatic heterocycles. The van der Waals surface area contributed by atoms with Gasteiger partial charge in [-0.25, -0.2) is 0 Å². The standard InChI is InChI=1S/C20H25BrN2O/c1-13-18(16-8-10-17(21)11-9-16)19(20(22)24)14(2)23(13)12-15-6-4-3-5-7-15/h8-11,15H,3-7,12H2,1-2H3,(H2,22,24). The molecule has 128 valence electrons. The zero-order chi connectivity index (χ0) is 17.3. The molecule has 0 aliphatic heterocycles. The lowest BCUT2D eigenvalue weighted by Gasteiger charge is -2.23. The monoisotopic (exact) mass is 388 g/mol. The minimum absolute atomic E-state index is 0.337. The van der Waals surface area contributed by atoms with E-state index in [1.165, 1.54) is 32.1 Å². The fourth-order valence-corrected chi connectivity index (χ4v) is 4.32. The second-order valence-electron chi connectivity index (χ2n) is 6.91. The van der Waals surface area contributed by atoms with Gasteiger partial charge in [-0.1, -0.05) is 47.3 Å². The molecule has 24 heavy (non-hydrogen) atoms. The smallest absolute Gasteiger partial charge is 0.251 e. The number of carbonyl (C=O) groups excluding carboxylic acids is 1. The first-order chi connectivity index (χ1) is 11.5. The van der Waals surface area contributed by atoms with Crippen LogP contribution in [0.3, 0.4) is 0 Å². The fraction of sp³-hybridized carbons (Fsp3) is 0.450. The van der Waals surface area contributed by atoms with Gasteiger partial charge in [-0.2, -0.15) is 0 Å². The van der Waals surface area contributed by atoms with Crippen molar-refractivity contribution in [2.24, 2.45) is 11.7 Å². The second-order valence-corrected chi connectivity index (χ2v) is 7.82. The number of aromatic nitrogens is 1. The van der Waals surface area contributed by atoms with Crippen LogP contribution in [0.25, 0.3) is 11.1 Å². The van der Waals surface area contributed by atoms with Gasteiger partial charge in [-0.05, 0) is 50.3 Å². The molecule has 4 heteroatoms. The maximum absolute atomic E-state index is 12.1. The van der Waals surface area contributed by atoms with Gasteiger partial charge in [-0.15, -0.1) is 0 Å². The van der Waals surface area contributed by atoms with Gasteiger partial charge in [0.25, 0.3) is 5.91 Å². The molecule has 0 saturated heterocycles. The van der Waals surface area contributed by atoms with Gasteiger partial charge in [-0.3, -0.25) is 4.79 Å². The van der Waals surface area contributed by atoms with E-state index in [4.69, 9.17) is 5.73 Å².